The molecule has 0 saturated heterocycles. The minimum absolute atomic E-state index is 0.339. The Kier molecular flexibility index (Phi) is 4.48. The van der Waals surface area contributed by atoms with Gasteiger partial charge in [-0.25, -0.2) is 9.78 Å². The van der Waals surface area contributed by atoms with Crippen molar-refractivity contribution in [2.24, 2.45) is 0 Å². The molecule has 0 aliphatic heterocycles. The van der Waals surface area contributed by atoms with E-state index in [1.54, 1.807) is 23.6 Å². The summed E-state index contributed by atoms with van der Waals surface area (Å²) in [6, 6.07) is 9.00. The molecule has 0 spiro atoms. The lowest BCUT2D eigenvalue weighted by molar-refractivity contribution is -0.115. The standard InChI is InChI=1S/C13H10N4O3S/c14-5-8-2-1-3-9(4-8)10-7-21-12(16-10)17-11(18)6-15-13(19)20/h1-4,7,15H,6H2,(H,19,20)(H,16,17,18). The predicted molar refractivity (Wildman–Crippen MR) is 76.9 cm³/mol. The van der Waals surface area contributed by atoms with Crippen LogP contribution >= 0.6 is 11.3 Å². The summed E-state index contributed by atoms with van der Waals surface area (Å²) in [4.78, 5) is 25.9. The third-order valence-corrected chi connectivity index (χ3v) is 3.20. The molecule has 1 aromatic carbocycles. The summed E-state index contributed by atoms with van der Waals surface area (Å²) < 4.78 is 0. The molecule has 1 heterocycles. The van der Waals surface area contributed by atoms with Crippen molar-refractivity contribution in [1.29, 1.82) is 5.26 Å². The number of thiazole rings is 1. The quantitative estimate of drug-likeness (QED) is 0.797. The van der Waals surface area contributed by atoms with Crippen LogP contribution in [-0.2, 0) is 4.79 Å². The fraction of sp³-hybridized carbons (Fsp3) is 0.0769. The van der Waals surface area contributed by atoms with Gasteiger partial charge in [0.25, 0.3) is 0 Å². The highest BCUT2D eigenvalue weighted by molar-refractivity contribution is 7.14. The van der Waals surface area contributed by atoms with Crippen LogP contribution in [0.15, 0.2) is 29.6 Å². The van der Waals surface area contributed by atoms with Crippen molar-refractivity contribution in [3.05, 3.63) is 35.2 Å². The lowest BCUT2D eigenvalue weighted by Gasteiger charge is -2.01. The molecule has 8 heteroatoms. The molecule has 1 aromatic heterocycles. The van der Waals surface area contributed by atoms with Crippen molar-refractivity contribution in [3.63, 3.8) is 0 Å². The lowest BCUT2D eigenvalue weighted by Crippen LogP contribution is -2.31. The van der Waals surface area contributed by atoms with E-state index in [0.29, 0.717) is 16.4 Å². The third-order valence-electron chi connectivity index (χ3n) is 2.44. The Hall–Kier alpha value is -2.92. The number of nitriles is 1. The van der Waals surface area contributed by atoms with Gasteiger partial charge in [0.05, 0.1) is 17.3 Å². The van der Waals surface area contributed by atoms with Gasteiger partial charge in [-0.15, -0.1) is 11.3 Å². The van der Waals surface area contributed by atoms with Crippen molar-refractivity contribution in [3.8, 4) is 17.3 Å². The highest BCUT2D eigenvalue weighted by Gasteiger charge is 2.09. The maximum Gasteiger partial charge on any atom is 0.405 e. The number of benzene rings is 1. The van der Waals surface area contributed by atoms with Crippen LogP contribution in [-0.4, -0.2) is 28.6 Å². The van der Waals surface area contributed by atoms with E-state index < -0.39 is 12.0 Å². The Balaban J connectivity index is 2.06. The molecule has 21 heavy (non-hydrogen) atoms. The van der Waals surface area contributed by atoms with Gasteiger partial charge in [-0.3, -0.25) is 4.79 Å². The smallest absolute Gasteiger partial charge is 0.405 e. The number of amides is 2. The topological polar surface area (TPSA) is 115 Å². The van der Waals surface area contributed by atoms with Crippen LogP contribution in [0.1, 0.15) is 5.56 Å². The van der Waals surface area contributed by atoms with Crippen LogP contribution in [0.5, 0.6) is 0 Å². The Labute approximate surface area is 123 Å². The lowest BCUT2D eigenvalue weighted by atomic mass is 10.1. The number of nitrogens with zero attached hydrogens (tertiary/aromatic N) is 2. The number of carboxylic acid groups (broad SMARTS) is 1. The molecule has 0 unspecified atom stereocenters. The van der Waals surface area contributed by atoms with E-state index >= 15 is 0 Å². The fourth-order valence-corrected chi connectivity index (χ4v) is 2.27. The summed E-state index contributed by atoms with van der Waals surface area (Å²) in [5, 5.41) is 23.8. The first-order valence-electron chi connectivity index (χ1n) is 5.81. The van der Waals surface area contributed by atoms with E-state index in [2.05, 4.69) is 10.3 Å². The average Bonchev–Trinajstić information content (AvgIpc) is 2.93. The zero-order valence-corrected chi connectivity index (χ0v) is 11.5. The van der Waals surface area contributed by atoms with Crippen LogP contribution in [0, 0.1) is 11.3 Å². The second-order valence-corrected chi connectivity index (χ2v) is 4.80. The van der Waals surface area contributed by atoms with Crippen molar-refractivity contribution in [1.82, 2.24) is 10.3 Å². The highest BCUT2D eigenvalue weighted by atomic mass is 32.1. The van der Waals surface area contributed by atoms with Gasteiger partial charge >= 0.3 is 6.09 Å². The van der Waals surface area contributed by atoms with Crippen LogP contribution < -0.4 is 10.6 Å². The minimum atomic E-state index is -1.27. The summed E-state index contributed by atoms with van der Waals surface area (Å²) in [5.74, 6) is -0.496. The Bertz CT molecular complexity index is 720. The number of nitrogens with one attached hydrogen (secondary N) is 2. The van der Waals surface area contributed by atoms with E-state index in [1.165, 1.54) is 11.3 Å². The Morgan fingerprint density at radius 2 is 2.24 bits per heavy atom. The first-order chi connectivity index (χ1) is 10.1. The Morgan fingerprint density at radius 3 is 2.95 bits per heavy atom. The van der Waals surface area contributed by atoms with Crippen LogP contribution in [0.4, 0.5) is 9.93 Å². The van der Waals surface area contributed by atoms with Crippen molar-refractivity contribution in [2.45, 2.75) is 0 Å². The summed E-state index contributed by atoms with van der Waals surface area (Å²) in [7, 11) is 0. The second kappa shape index (κ2) is 6.49. The van der Waals surface area contributed by atoms with Crippen LogP contribution in [0.3, 0.4) is 0 Å². The van der Waals surface area contributed by atoms with E-state index in [4.69, 9.17) is 10.4 Å². The maximum atomic E-state index is 11.4. The zero-order chi connectivity index (χ0) is 15.2. The number of rotatable bonds is 4. The molecule has 0 bridgehead atoms. The van der Waals surface area contributed by atoms with Gasteiger partial charge in [-0.1, -0.05) is 12.1 Å². The number of hydrogen-bond acceptors (Lipinski definition) is 5. The first kappa shape index (κ1) is 14.5. The normalized spacial score (nSPS) is 9.67. The molecule has 0 aliphatic carbocycles. The van der Waals surface area contributed by atoms with Crippen LogP contribution in [0.25, 0.3) is 11.3 Å². The molecular formula is C13H10N4O3S. The zero-order valence-electron chi connectivity index (χ0n) is 10.7. The molecule has 2 amide bonds. The molecule has 2 aromatic rings. The van der Waals surface area contributed by atoms with Gasteiger partial charge in [0, 0.05) is 10.9 Å². The molecular weight excluding hydrogens is 292 g/mol. The van der Waals surface area contributed by atoms with E-state index in [-0.39, 0.29) is 6.54 Å². The number of anilines is 1. The van der Waals surface area contributed by atoms with Crippen LogP contribution in [0.2, 0.25) is 0 Å². The monoisotopic (exact) mass is 302 g/mol. The molecule has 7 nitrogen and oxygen atoms in total. The molecule has 0 saturated carbocycles. The summed E-state index contributed by atoms with van der Waals surface area (Å²) in [6.07, 6.45) is -1.27. The molecule has 0 radical (unpaired) electrons. The highest BCUT2D eigenvalue weighted by Crippen LogP contribution is 2.25. The maximum absolute atomic E-state index is 11.4. The number of carbonyl (C=O) groups excluding carboxylic acids is 1. The summed E-state index contributed by atoms with van der Waals surface area (Å²) >= 11 is 1.22. The van der Waals surface area contributed by atoms with E-state index in [1.807, 2.05) is 17.5 Å². The fourth-order valence-electron chi connectivity index (χ4n) is 1.53. The minimum Gasteiger partial charge on any atom is -0.465 e. The molecule has 0 fully saturated rings. The second-order valence-electron chi connectivity index (χ2n) is 3.94. The van der Waals surface area contributed by atoms with Crippen molar-refractivity contribution in [2.75, 3.05) is 11.9 Å². The predicted octanol–water partition coefficient (Wildman–Crippen LogP) is 1.89. The van der Waals surface area contributed by atoms with Crippen molar-refractivity contribution >= 4 is 28.5 Å². The third kappa shape index (κ3) is 4.02. The van der Waals surface area contributed by atoms with E-state index in [9.17, 15) is 9.59 Å². The largest absolute Gasteiger partial charge is 0.465 e. The molecule has 0 atom stereocenters. The van der Waals surface area contributed by atoms with E-state index in [0.717, 1.165) is 5.56 Å². The van der Waals surface area contributed by atoms with Gasteiger partial charge in [-0.2, -0.15) is 5.26 Å². The number of carbonyl (C=O) groups is 2. The first-order valence-corrected chi connectivity index (χ1v) is 6.69. The summed E-state index contributed by atoms with van der Waals surface area (Å²) in [6.45, 7) is -0.339. The summed E-state index contributed by atoms with van der Waals surface area (Å²) in [5.41, 5.74) is 1.93. The molecule has 106 valence electrons. The SMILES string of the molecule is N#Cc1cccc(-c2csc(NC(=O)CNC(=O)O)n2)c1. The van der Waals surface area contributed by atoms with Crippen molar-refractivity contribution < 1.29 is 14.7 Å². The number of aromatic nitrogens is 1. The van der Waals surface area contributed by atoms with Gasteiger partial charge < -0.3 is 15.7 Å². The number of hydrogen-bond donors (Lipinski definition) is 3. The van der Waals surface area contributed by atoms with Gasteiger partial charge in [0.15, 0.2) is 5.13 Å². The average molecular weight is 302 g/mol. The van der Waals surface area contributed by atoms with Gasteiger partial charge in [0.2, 0.25) is 5.91 Å². The van der Waals surface area contributed by atoms with Gasteiger partial charge in [-0.05, 0) is 12.1 Å². The molecule has 0 aliphatic rings. The molecule has 3 N–H and O–H groups in total. The Morgan fingerprint density at radius 1 is 1.43 bits per heavy atom. The molecule has 2 rings (SSSR count). The van der Waals surface area contributed by atoms with Gasteiger partial charge in [0.1, 0.15) is 6.54 Å².